The number of ether oxygens (including phenoxy) is 1. The molecule has 0 atom stereocenters. The largest absolute Gasteiger partial charge is 0.465 e. The summed E-state index contributed by atoms with van der Waals surface area (Å²) in [5, 5.41) is 30.4. The minimum absolute atomic E-state index is 0.212. The Morgan fingerprint density at radius 3 is 2.03 bits per heavy atom. The number of aromatic nitrogens is 1. The molecule has 0 unspecified atom stereocenters. The Labute approximate surface area is 227 Å². The molecule has 0 fully saturated rings. The Balaban J connectivity index is 1.68. The lowest BCUT2D eigenvalue weighted by Crippen LogP contribution is -2.52. The van der Waals surface area contributed by atoms with Gasteiger partial charge in [0.15, 0.2) is 11.4 Å². The van der Waals surface area contributed by atoms with E-state index < -0.39 is 24.6 Å². The number of carboxylic acid groups (broad SMARTS) is 2. The Morgan fingerprint density at radius 1 is 0.872 bits per heavy atom. The normalized spacial score (nSPS) is 10.4. The van der Waals surface area contributed by atoms with E-state index in [0.717, 1.165) is 21.7 Å². The zero-order valence-electron chi connectivity index (χ0n) is 21.1. The van der Waals surface area contributed by atoms with Gasteiger partial charge in [-0.15, -0.1) is 11.3 Å². The van der Waals surface area contributed by atoms with Crippen LogP contribution in [0, 0.1) is 0 Å². The van der Waals surface area contributed by atoms with Crippen molar-refractivity contribution in [2.75, 3.05) is 23.1 Å². The molecule has 0 aliphatic heterocycles. The summed E-state index contributed by atoms with van der Waals surface area (Å²) >= 11 is 1.40. The Morgan fingerprint density at radius 2 is 1.46 bits per heavy atom. The molecule has 1 aromatic heterocycles. The maximum atomic E-state index is 11.6. The standard InChI is InChI=1S/C25H28N6O7S/c1-14(32)26-22-29-19(20(39-22)13-16-5-10-18(11-6-16)28-25(37)38-2)12-7-15-3-8-17(9-4-15)27-21(30-23(33)34)31-24(35)36/h3-6,8-11,21,27,30-31H,7,12-13H2,1-2H3,(H,28,37)(H,33,34)(H,35,36)(H,26,29,32). The molecule has 0 saturated carbocycles. The van der Waals surface area contributed by atoms with E-state index in [2.05, 4.69) is 25.7 Å². The lowest BCUT2D eigenvalue weighted by atomic mass is 10.0. The van der Waals surface area contributed by atoms with Crippen molar-refractivity contribution >= 4 is 52.0 Å². The number of nitrogens with one attached hydrogen (secondary N) is 5. The van der Waals surface area contributed by atoms with Crippen molar-refractivity contribution in [3.05, 3.63) is 70.2 Å². The van der Waals surface area contributed by atoms with Crippen LogP contribution in [-0.2, 0) is 28.8 Å². The highest BCUT2D eigenvalue weighted by molar-refractivity contribution is 7.15. The smallest absolute Gasteiger partial charge is 0.411 e. The number of hydrogen-bond donors (Lipinski definition) is 7. The van der Waals surface area contributed by atoms with E-state index in [-0.39, 0.29) is 5.91 Å². The molecule has 2 aromatic carbocycles. The van der Waals surface area contributed by atoms with Crippen molar-refractivity contribution in [2.45, 2.75) is 32.5 Å². The van der Waals surface area contributed by atoms with Crippen LogP contribution in [-0.4, -0.2) is 52.8 Å². The fraction of sp³-hybridized carbons (Fsp3) is 0.240. The van der Waals surface area contributed by atoms with Gasteiger partial charge in [-0.25, -0.2) is 19.4 Å². The molecule has 3 rings (SSSR count). The Bertz CT molecular complexity index is 1300. The van der Waals surface area contributed by atoms with Crippen LogP contribution in [0.4, 0.5) is 30.9 Å². The van der Waals surface area contributed by atoms with E-state index in [1.54, 1.807) is 24.3 Å². The highest BCUT2D eigenvalue weighted by Crippen LogP contribution is 2.27. The van der Waals surface area contributed by atoms with Gasteiger partial charge in [-0.1, -0.05) is 24.3 Å². The number of carbonyl (C=O) groups is 4. The number of rotatable bonds is 11. The predicted octanol–water partition coefficient (Wildman–Crippen LogP) is 3.89. The lowest BCUT2D eigenvalue weighted by molar-refractivity contribution is -0.114. The minimum Gasteiger partial charge on any atom is -0.465 e. The molecule has 13 nitrogen and oxygen atoms in total. The van der Waals surface area contributed by atoms with Crippen LogP contribution in [0.1, 0.15) is 28.6 Å². The molecule has 4 amide bonds. The first-order valence-electron chi connectivity index (χ1n) is 11.7. The van der Waals surface area contributed by atoms with Gasteiger partial charge >= 0.3 is 18.3 Å². The molecule has 0 radical (unpaired) electrons. The summed E-state index contributed by atoms with van der Waals surface area (Å²) in [7, 11) is 1.29. The zero-order chi connectivity index (χ0) is 28.4. The van der Waals surface area contributed by atoms with Crippen molar-refractivity contribution in [3.8, 4) is 0 Å². The predicted molar refractivity (Wildman–Crippen MR) is 145 cm³/mol. The van der Waals surface area contributed by atoms with Crippen molar-refractivity contribution in [3.63, 3.8) is 0 Å². The number of thiazole rings is 1. The third-order valence-electron chi connectivity index (χ3n) is 5.26. The fourth-order valence-electron chi connectivity index (χ4n) is 3.53. The van der Waals surface area contributed by atoms with Crippen molar-refractivity contribution < 1.29 is 34.1 Å². The van der Waals surface area contributed by atoms with E-state index in [1.807, 2.05) is 34.9 Å². The van der Waals surface area contributed by atoms with Gasteiger partial charge < -0.3 is 25.6 Å². The molecule has 3 aromatic rings. The van der Waals surface area contributed by atoms with Crippen molar-refractivity contribution in [1.82, 2.24) is 15.6 Å². The Kier molecular flexibility index (Phi) is 10.0. The second-order valence-electron chi connectivity index (χ2n) is 8.23. The van der Waals surface area contributed by atoms with Gasteiger partial charge in [-0.2, -0.15) is 0 Å². The van der Waals surface area contributed by atoms with E-state index in [1.165, 1.54) is 25.4 Å². The second kappa shape index (κ2) is 13.6. The van der Waals surface area contributed by atoms with Crippen LogP contribution >= 0.6 is 11.3 Å². The zero-order valence-corrected chi connectivity index (χ0v) is 21.9. The molecule has 14 heteroatoms. The summed E-state index contributed by atoms with van der Waals surface area (Å²) in [5.74, 6) is -0.212. The number of hydrogen-bond acceptors (Lipinski definition) is 8. The van der Waals surface area contributed by atoms with Crippen LogP contribution in [0.15, 0.2) is 48.5 Å². The molecule has 206 valence electrons. The van der Waals surface area contributed by atoms with E-state index in [9.17, 15) is 19.2 Å². The first kappa shape index (κ1) is 28.7. The number of anilines is 3. The highest BCUT2D eigenvalue weighted by Gasteiger charge is 2.15. The monoisotopic (exact) mass is 556 g/mol. The number of nitrogens with zero attached hydrogens (tertiary/aromatic N) is 1. The molecule has 7 N–H and O–H groups in total. The minimum atomic E-state index is -1.38. The van der Waals surface area contributed by atoms with E-state index in [0.29, 0.717) is 35.8 Å². The summed E-state index contributed by atoms with van der Waals surface area (Å²) in [6, 6.07) is 14.5. The van der Waals surface area contributed by atoms with Crippen LogP contribution in [0.5, 0.6) is 0 Å². The average molecular weight is 557 g/mol. The van der Waals surface area contributed by atoms with Gasteiger partial charge in [0.1, 0.15) is 0 Å². The fourth-order valence-corrected chi connectivity index (χ4v) is 4.62. The molecular weight excluding hydrogens is 528 g/mol. The molecule has 0 saturated heterocycles. The van der Waals surface area contributed by atoms with Gasteiger partial charge in [0, 0.05) is 29.6 Å². The van der Waals surface area contributed by atoms with Gasteiger partial charge in [0.2, 0.25) is 5.91 Å². The van der Waals surface area contributed by atoms with Crippen LogP contribution in [0.3, 0.4) is 0 Å². The molecule has 39 heavy (non-hydrogen) atoms. The molecule has 0 aliphatic carbocycles. The maximum Gasteiger partial charge on any atom is 0.411 e. The topological polar surface area (TPSA) is 191 Å². The number of aryl methyl sites for hydroxylation is 2. The van der Waals surface area contributed by atoms with Crippen LogP contribution in [0.2, 0.25) is 0 Å². The molecule has 1 heterocycles. The molecule has 0 spiro atoms. The summed E-state index contributed by atoms with van der Waals surface area (Å²) in [6.07, 6.45) is -2.71. The molecule has 0 bridgehead atoms. The third-order valence-corrected chi connectivity index (χ3v) is 6.28. The van der Waals surface area contributed by atoms with Crippen molar-refractivity contribution in [1.29, 1.82) is 0 Å². The highest BCUT2D eigenvalue weighted by atomic mass is 32.1. The number of methoxy groups -OCH3 is 1. The van der Waals surface area contributed by atoms with Crippen molar-refractivity contribution in [2.24, 2.45) is 0 Å². The summed E-state index contributed by atoms with van der Waals surface area (Å²) in [4.78, 5) is 50.4. The molecular formula is C25H28N6O7S. The van der Waals surface area contributed by atoms with E-state index >= 15 is 0 Å². The summed E-state index contributed by atoms with van der Waals surface area (Å²) < 4.78 is 4.60. The van der Waals surface area contributed by atoms with Gasteiger partial charge in [0.25, 0.3) is 0 Å². The first-order chi connectivity index (χ1) is 18.6. The van der Waals surface area contributed by atoms with E-state index in [4.69, 9.17) is 10.2 Å². The summed E-state index contributed by atoms with van der Waals surface area (Å²) in [6.45, 7) is 1.42. The average Bonchev–Trinajstić information content (AvgIpc) is 3.23. The quantitative estimate of drug-likeness (QED) is 0.172. The Hall–Kier alpha value is -4.85. The second-order valence-corrected chi connectivity index (χ2v) is 9.32. The maximum absolute atomic E-state index is 11.6. The number of amides is 4. The van der Waals surface area contributed by atoms with Crippen LogP contribution < -0.4 is 26.6 Å². The van der Waals surface area contributed by atoms with Gasteiger partial charge in [-0.3, -0.25) is 20.7 Å². The first-order valence-corrected chi connectivity index (χ1v) is 12.5. The third kappa shape index (κ3) is 9.51. The van der Waals surface area contributed by atoms with Crippen LogP contribution in [0.25, 0.3) is 0 Å². The number of carbonyl (C=O) groups excluding carboxylic acids is 2. The lowest BCUT2D eigenvalue weighted by Gasteiger charge is -2.19. The van der Waals surface area contributed by atoms with Gasteiger partial charge in [0.05, 0.1) is 12.8 Å². The number of benzene rings is 2. The van der Waals surface area contributed by atoms with Gasteiger partial charge in [-0.05, 0) is 48.2 Å². The molecule has 0 aliphatic rings. The summed E-state index contributed by atoms with van der Waals surface area (Å²) in [5.41, 5.74) is 3.95. The SMILES string of the molecule is COC(=O)Nc1ccc(Cc2sc(NC(C)=O)nc2CCc2ccc(NC(NC(=O)O)NC(=O)O)cc2)cc1.